The molecule has 7 nitrogen and oxygen atoms in total. The number of nitrogens with zero attached hydrogens (tertiary/aromatic N) is 3. The molecule has 1 aromatic heterocycles. The zero-order valence-corrected chi connectivity index (χ0v) is 17.7. The highest BCUT2D eigenvalue weighted by Gasteiger charge is 2.58. The Morgan fingerprint density at radius 1 is 1.26 bits per heavy atom. The molecule has 162 valence electrons. The molecule has 0 unspecified atom stereocenters. The van der Waals surface area contributed by atoms with Gasteiger partial charge in [-0.15, -0.1) is 0 Å². The molecule has 1 saturated carbocycles. The van der Waals surface area contributed by atoms with Crippen LogP contribution in [0.25, 0.3) is 0 Å². The summed E-state index contributed by atoms with van der Waals surface area (Å²) in [6, 6.07) is 11.6. The number of likely N-dealkylation sites (tertiary alicyclic amines) is 1. The number of hydrogen-bond donors (Lipinski definition) is 0. The highest BCUT2D eigenvalue weighted by Crippen LogP contribution is 2.44. The first-order chi connectivity index (χ1) is 15.1. The van der Waals surface area contributed by atoms with Crippen LogP contribution in [-0.2, 0) is 20.9 Å². The predicted octanol–water partition coefficient (Wildman–Crippen LogP) is 2.22. The Balaban J connectivity index is 1.43. The lowest BCUT2D eigenvalue weighted by Gasteiger charge is -2.42. The molecule has 0 bridgehead atoms. The van der Waals surface area contributed by atoms with Crippen LogP contribution < -0.4 is 4.74 Å². The second kappa shape index (κ2) is 7.96. The van der Waals surface area contributed by atoms with Gasteiger partial charge in [0.05, 0.1) is 20.3 Å². The number of carbonyl (C=O) groups is 2. The maximum Gasteiger partial charge on any atom is 0.257 e. The molecule has 2 amide bonds. The summed E-state index contributed by atoms with van der Waals surface area (Å²) in [5, 5.41) is 0. The summed E-state index contributed by atoms with van der Waals surface area (Å²) in [4.78, 5) is 34.7. The predicted molar refractivity (Wildman–Crippen MR) is 113 cm³/mol. The van der Waals surface area contributed by atoms with Crippen molar-refractivity contribution in [2.24, 2.45) is 5.92 Å². The van der Waals surface area contributed by atoms with Gasteiger partial charge in [-0.1, -0.05) is 18.2 Å². The molecule has 5 rings (SSSR count). The van der Waals surface area contributed by atoms with Gasteiger partial charge in [-0.25, -0.2) is 0 Å². The van der Waals surface area contributed by atoms with Gasteiger partial charge < -0.3 is 19.3 Å². The maximum absolute atomic E-state index is 13.8. The standard InChI is InChI=1S/C24H27N3O4/c1-30-20-8-4-17(5-9-20)14-26-11-12-31-24(23(26)29)16-27(22(28)18-6-7-18)15-21(24)19-3-2-10-25-13-19/h2-5,8-10,13,18,21H,6-7,11-12,14-16H2,1H3/t21-,24-/m0/s1. The van der Waals surface area contributed by atoms with Crippen molar-refractivity contribution in [2.75, 3.05) is 33.4 Å². The van der Waals surface area contributed by atoms with Crippen LogP contribution >= 0.6 is 0 Å². The fourth-order valence-corrected chi connectivity index (χ4v) is 4.77. The van der Waals surface area contributed by atoms with E-state index in [1.54, 1.807) is 19.5 Å². The molecule has 0 radical (unpaired) electrons. The number of pyridine rings is 1. The summed E-state index contributed by atoms with van der Waals surface area (Å²) in [5.41, 5.74) is 0.916. The molecule has 7 heteroatoms. The number of carbonyl (C=O) groups excluding carboxylic acids is 2. The van der Waals surface area contributed by atoms with E-state index < -0.39 is 5.60 Å². The normalized spacial score (nSPS) is 25.8. The van der Waals surface area contributed by atoms with E-state index in [0.29, 0.717) is 32.8 Å². The molecule has 1 spiro atoms. The van der Waals surface area contributed by atoms with Gasteiger partial charge in [0, 0.05) is 43.9 Å². The zero-order valence-electron chi connectivity index (χ0n) is 17.7. The summed E-state index contributed by atoms with van der Waals surface area (Å²) < 4.78 is 11.5. The summed E-state index contributed by atoms with van der Waals surface area (Å²) in [6.07, 6.45) is 5.39. The van der Waals surface area contributed by atoms with Gasteiger partial charge in [-0.3, -0.25) is 14.6 Å². The fraction of sp³-hybridized carbons (Fsp3) is 0.458. The Morgan fingerprint density at radius 2 is 2.06 bits per heavy atom. The highest BCUT2D eigenvalue weighted by molar-refractivity contribution is 5.90. The van der Waals surface area contributed by atoms with Crippen LogP contribution in [0.2, 0.25) is 0 Å². The number of benzene rings is 1. The third kappa shape index (κ3) is 3.67. The molecule has 3 heterocycles. The number of methoxy groups -OCH3 is 1. The van der Waals surface area contributed by atoms with E-state index in [1.165, 1.54) is 0 Å². The highest BCUT2D eigenvalue weighted by atomic mass is 16.5. The van der Waals surface area contributed by atoms with Gasteiger partial charge in [-0.05, 0) is 42.2 Å². The van der Waals surface area contributed by atoms with Gasteiger partial charge in [-0.2, -0.15) is 0 Å². The summed E-state index contributed by atoms with van der Waals surface area (Å²) >= 11 is 0. The molecule has 3 fully saturated rings. The quantitative estimate of drug-likeness (QED) is 0.740. The molecular weight excluding hydrogens is 394 g/mol. The van der Waals surface area contributed by atoms with Crippen molar-refractivity contribution in [1.29, 1.82) is 0 Å². The molecule has 2 atom stereocenters. The van der Waals surface area contributed by atoms with Crippen molar-refractivity contribution >= 4 is 11.8 Å². The van der Waals surface area contributed by atoms with Gasteiger partial charge in [0.2, 0.25) is 5.91 Å². The number of hydrogen-bond acceptors (Lipinski definition) is 5. The second-order valence-electron chi connectivity index (χ2n) is 8.64. The van der Waals surface area contributed by atoms with Crippen LogP contribution in [0, 0.1) is 5.92 Å². The fourth-order valence-electron chi connectivity index (χ4n) is 4.77. The van der Waals surface area contributed by atoms with Crippen molar-refractivity contribution in [3.63, 3.8) is 0 Å². The second-order valence-corrected chi connectivity index (χ2v) is 8.64. The van der Waals surface area contributed by atoms with Crippen LogP contribution in [0.15, 0.2) is 48.8 Å². The maximum atomic E-state index is 13.8. The lowest BCUT2D eigenvalue weighted by molar-refractivity contribution is -0.173. The number of morpholine rings is 1. The van der Waals surface area contributed by atoms with E-state index in [4.69, 9.17) is 9.47 Å². The number of ether oxygens (including phenoxy) is 2. The van der Waals surface area contributed by atoms with E-state index in [1.807, 2.05) is 46.2 Å². The van der Waals surface area contributed by atoms with E-state index in [-0.39, 0.29) is 23.7 Å². The Kier molecular flexibility index (Phi) is 5.14. The topological polar surface area (TPSA) is 72.0 Å². The van der Waals surface area contributed by atoms with E-state index in [2.05, 4.69) is 4.98 Å². The van der Waals surface area contributed by atoms with Crippen LogP contribution in [0.3, 0.4) is 0 Å². The summed E-state index contributed by atoms with van der Waals surface area (Å²) in [6.45, 7) is 2.28. The largest absolute Gasteiger partial charge is 0.497 e. The average molecular weight is 421 g/mol. The number of rotatable bonds is 5. The number of amides is 2. The minimum atomic E-state index is -1.06. The minimum absolute atomic E-state index is 0.0467. The Morgan fingerprint density at radius 3 is 2.74 bits per heavy atom. The molecule has 3 aliphatic rings. The first kappa shape index (κ1) is 20.0. The smallest absolute Gasteiger partial charge is 0.257 e. The third-order valence-electron chi connectivity index (χ3n) is 6.62. The van der Waals surface area contributed by atoms with Crippen LogP contribution in [0.4, 0.5) is 0 Å². The monoisotopic (exact) mass is 421 g/mol. The van der Waals surface area contributed by atoms with Crippen molar-refractivity contribution in [3.05, 3.63) is 59.9 Å². The molecule has 2 aromatic rings. The van der Waals surface area contributed by atoms with Crippen LogP contribution in [0.1, 0.15) is 29.9 Å². The van der Waals surface area contributed by atoms with Gasteiger partial charge in [0.25, 0.3) is 5.91 Å². The van der Waals surface area contributed by atoms with E-state index >= 15 is 0 Å². The van der Waals surface area contributed by atoms with Crippen molar-refractivity contribution in [2.45, 2.75) is 30.9 Å². The first-order valence-electron chi connectivity index (χ1n) is 10.9. The SMILES string of the molecule is COc1ccc(CN2CCO[C@]3(CN(C(=O)C4CC4)C[C@H]3c3cccnc3)C2=O)cc1. The lowest BCUT2D eigenvalue weighted by atomic mass is 9.83. The Hall–Kier alpha value is -2.93. The van der Waals surface area contributed by atoms with E-state index in [0.717, 1.165) is 29.7 Å². The molecule has 31 heavy (non-hydrogen) atoms. The van der Waals surface area contributed by atoms with Crippen molar-refractivity contribution in [3.8, 4) is 5.75 Å². The molecule has 2 aliphatic heterocycles. The lowest BCUT2D eigenvalue weighted by Crippen LogP contribution is -2.60. The van der Waals surface area contributed by atoms with Crippen LogP contribution in [0.5, 0.6) is 5.75 Å². The molecular formula is C24H27N3O4. The van der Waals surface area contributed by atoms with Gasteiger partial charge in [0.15, 0.2) is 5.60 Å². The Bertz CT molecular complexity index is 961. The van der Waals surface area contributed by atoms with Crippen molar-refractivity contribution in [1.82, 2.24) is 14.8 Å². The Labute approximate surface area is 182 Å². The molecule has 2 saturated heterocycles. The number of aromatic nitrogens is 1. The first-order valence-corrected chi connectivity index (χ1v) is 10.9. The van der Waals surface area contributed by atoms with Gasteiger partial charge in [0.1, 0.15) is 5.75 Å². The molecule has 0 N–H and O–H groups in total. The van der Waals surface area contributed by atoms with Gasteiger partial charge >= 0.3 is 0 Å². The zero-order chi connectivity index (χ0) is 21.4. The molecule has 1 aromatic carbocycles. The average Bonchev–Trinajstić information content (AvgIpc) is 3.59. The summed E-state index contributed by atoms with van der Waals surface area (Å²) in [7, 11) is 1.64. The molecule has 1 aliphatic carbocycles. The van der Waals surface area contributed by atoms with E-state index in [9.17, 15) is 9.59 Å². The third-order valence-corrected chi connectivity index (χ3v) is 6.62. The van der Waals surface area contributed by atoms with Crippen molar-refractivity contribution < 1.29 is 19.1 Å². The van der Waals surface area contributed by atoms with Crippen LogP contribution in [-0.4, -0.2) is 65.6 Å². The minimum Gasteiger partial charge on any atom is -0.497 e. The summed E-state index contributed by atoms with van der Waals surface area (Å²) in [5.74, 6) is 0.771.